The van der Waals surface area contributed by atoms with E-state index in [0.717, 1.165) is 27.0 Å². The number of rotatable bonds is 9. The largest absolute Gasteiger partial charge is 0.554 e. The number of benzene rings is 3. The number of aliphatic hydroxyl groups excluding tert-OH is 1. The number of aryl methyl sites for hydroxylation is 1. The topological polar surface area (TPSA) is 94.5 Å². The van der Waals surface area contributed by atoms with Gasteiger partial charge in [-0.3, -0.25) is 9.59 Å². The first-order valence-electron chi connectivity index (χ1n) is 11.3. The standard InChI is InChI=1S/C28H26O3PS.CH2O2/c1-21-20-33-28(27(31)18-29)26(21)17-22(30)19-32(23-11-5-2-6-12-23,24-13-7-3-8-14-24)25-15-9-4-10-16-25;2-1-3/h2-16,20,29H,17-19H2,1H3;1H,(H,2,3)/q+1;/p-1. The SMILES string of the molecule is Cc1csc(C(=O)CO)c1CC(=O)C[P+](c1ccccc1)(c1ccccc1)c1ccccc1.O=C[O-]. The Morgan fingerprint density at radius 1 is 0.861 bits per heavy atom. The third-order valence-electron chi connectivity index (χ3n) is 5.88. The van der Waals surface area contributed by atoms with Crippen molar-refractivity contribution in [1.82, 2.24) is 0 Å². The van der Waals surface area contributed by atoms with Gasteiger partial charge in [0, 0.05) is 12.9 Å². The lowest BCUT2D eigenvalue weighted by molar-refractivity contribution is -0.283. The summed E-state index contributed by atoms with van der Waals surface area (Å²) in [5, 5.41) is 23.0. The Kier molecular flexibility index (Phi) is 9.83. The predicted octanol–water partition coefficient (Wildman–Crippen LogP) is 2.70. The van der Waals surface area contributed by atoms with Gasteiger partial charge in [0.05, 0.1) is 4.88 Å². The third kappa shape index (κ3) is 6.03. The maximum Gasteiger partial charge on any atom is 0.198 e. The van der Waals surface area contributed by atoms with Gasteiger partial charge >= 0.3 is 0 Å². The van der Waals surface area contributed by atoms with Gasteiger partial charge in [-0.1, -0.05) is 54.6 Å². The van der Waals surface area contributed by atoms with Gasteiger partial charge in [-0.2, -0.15) is 0 Å². The van der Waals surface area contributed by atoms with E-state index in [-0.39, 0.29) is 18.0 Å². The monoisotopic (exact) mass is 518 g/mol. The van der Waals surface area contributed by atoms with Crippen molar-refractivity contribution in [3.8, 4) is 0 Å². The van der Waals surface area contributed by atoms with Crippen LogP contribution in [-0.2, 0) is 16.0 Å². The summed E-state index contributed by atoms with van der Waals surface area (Å²) >= 11 is 1.31. The van der Waals surface area contributed by atoms with Gasteiger partial charge in [-0.05, 0) is 59.8 Å². The highest BCUT2D eigenvalue weighted by Crippen LogP contribution is 2.55. The Morgan fingerprint density at radius 3 is 1.67 bits per heavy atom. The molecular formula is C29H27O5PS. The first kappa shape index (κ1) is 27.2. The van der Waals surface area contributed by atoms with Crippen LogP contribution in [0.15, 0.2) is 96.4 Å². The second kappa shape index (κ2) is 13.0. The van der Waals surface area contributed by atoms with E-state index in [1.54, 1.807) is 0 Å². The Morgan fingerprint density at radius 2 is 1.28 bits per heavy atom. The third-order valence-corrected chi connectivity index (χ3v) is 11.4. The van der Waals surface area contributed by atoms with Crippen LogP contribution >= 0.6 is 18.6 Å². The molecule has 0 aliphatic carbocycles. The van der Waals surface area contributed by atoms with Crippen LogP contribution in [0.5, 0.6) is 0 Å². The summed E-state index contributed by atoms with van der Waals surface area (Å²) in [7, 11) is -2.27. The van der Waals surface area contributed by atoms with Gasteiger partial charge < -0.3 is 15.0 Å². The molecule has 0 spiro atoms. The molecule has 0 saturated carbocycles. The van der Waals surface area contributed by atoms with E-state index in [4.69, 9.17) is 9.90 Å². The number of carbonyl (C=O) groups excluding carboxylic acids is 3. The van der Waals surface area contributed by atoms with Crippen molar-refractivity contribution in [1.29, 1.82) is 0 Å². The van der Waals surface area contributed by atoms with E-state index in [0.29, 0.717) is 11.0 Å². The summed E-state index contributed by atoms with van der Waals surface area (Å²) in [6.45, 7) is 0.872. The molecule has 0 radical (unpaired) electrons. The fourth-order valence-electron chi connectivity index (χ4n) is 4.28. The van der Waals surface area contributed by atoms with E-state index < -0.39 is 20.3 Å². The maximum atomic E-state index is 13.7. The predicted molar refractivity (Wildman–Crippen MR) is 145 cm³/mol. The van der Waals surface area contributed by atoms with Crippen molar-refractivity contribution >= 4 is 52.6 Å². The number of Topliss-reactive ketones (excluding diaryl/α,β-unsaturated/α-hetero) is 2. The Hall–Kier alpha value is -3.44. The maximum absolute atomic E-state index is 13.7. The number of hydrogen-bond acceptors (Lipinski definition) is 6. The lowest BCUT2D eigenvalue weighted by atomic mass is 10.0. The normalized spacial score (nSPS) is 10.7. The molecule has 0 amide bonds. The van der Waals surface area contributed by atoms with Gasteiger partial charge in [0.1, 0.15) is 35.9 Å². The summed E-state index contributed by atoms with van der Waals surface area (Å²) < 4.78 is 0. The molecule has 0 aliphatic heterocycles. The van der Waals surface area contributed by atoms with Crippen molar-refractivity contribution in [3.05, 3.63) is 112 Å². The van der Waals surface area contributed by atoms with Crippen LogP contribution in [0.25, 0.3) is 0 Å². The van der Waals surface area contributed by atoms with E-state index >= 15 is 0 Å². The molecule has 0 fully saturated rings. The molecule has 0 atom stereocenters. The molecule has 0 aliphatic rings. The highest BCUT2D eigenvalue weighted by atomic mass is 32.1. The van der Waals surface area contributed by atoms with Crippen LogP contribution < -0.4 is 21.0 Å². The number of carboxylic acid groups (broad SMARTS) is 1. The van der Waals surface area contributed by atoms with Crippen LogP contribution in [0, 0.1) is 6.92 Å². The summed E-state index contributed by atoms with van der Waals surface area (Å²) in [6, 6.07) is 30.9. The molecule has 0 bridgehead atoms. The second-order valence-corrected chi connectivity index (χ2v) is 12.5. The number of ketones is 2. The average Bonchev–Trinajstić information content (AvgIpc) is 3.28. The van der Waals surface area contributed by atoms with Crippen molar-refractivity contribution < 1.29 is 24.6 Å². The Balaban J connectivity index is 0.00000115. The molecule has 4 aromatic rings. The van der Waals surface area contributed by atoms with Crippen LogP contribution in [0.3, 0.4) is 0 Å². The molecule has 4 rings (SSSR count). The highest BCUT2D eigenvalue weighted by molar-refractivity contribution is 7.96. The van der Waals surface area contributed by atoms with E-state index in [1.165, 1.54) is 11.3 Å². The summed E-state index contributed by atoms with van der Waals surface area (Å²) in [5.41, 5.74) is 1.67. The van der Waals surface area contributed by atoms with E-state index in [9.17, 15) is 14.7 Å². The molecule has 1 aromatic heterocycles. The lowest BCUT2D eigenvalue weighted by Crippen LogP contribution is -2.36. The van der Waals surface area contributed by atoms with E-state index in [2.05, 4.69) is 36.4 Å². The van der Waals surface area contributed by atoms with Gasteiger partial charge in [0.2, 0.25) is 0 Å². The number of aliphatic hydroxyl groups is 1. The summed E-state index contributed by atoms with van der Waals surface area (Å²) in [5.74, 6) is -0.237. The molecule has 0 saturated heterocycles. The first-order valence-corrected chi connectivity index (χ1v) is 14.2. The smallest absolute Gasteiger partial charge is 0.198 e. The molecule has 0 unspecified atom stereocenters. The molecular weight excluding hydrogens is 491 g/mol. The van der Waals surface area contributed by atoms with Crippen LogP contribution in [0.4, 0.5) is 0 Å². The molecule has 184 valence electrons. The Labute approximate surface area is 215 Å². The number of carbonyl (C=O) groups is 3. The zero-order valence-electron chi connectivity index (χ0n) is 19.9. The Bertz CT molecular complexity index is 1190. The molecule has 3 aromatic carbocycles. The minimum atomic E-state index is -2.27. The van der Waals surface area contributed by atoms with Gasteiger partial charge in [0.25, 0.3) is 0 Å². The molecule has 1 heterocycles. The quantitative estimate of drug-likeness (QED) is 0.209. The minimum absolute atomic E-state index is 0.0911. The number of thiophene rings is 1. The summed E-state index contributed by atoms with van der Waals surface area (Å²) in [4.78, 5) is 34.7. The van der Waals surface area contributed by atoms with Crippen molar-refractivity contribution in [2.75, 3.05) is 12.8 Å². The van der Waals surface area contributed by atoms with Crippen molar-refractivity contribution in [2.24, 2.45) is 0 Å². The first-order chi connectivity index (χ1) is 17.5. The van der Waals surface area contributed by atoms with Crippen LogP contribution in [0.1, 0.15) is 20.8 Å². The molecule has 36 heavy (non-hydrogen) atoms. The lowest BCUT2D eigenvalue weighted by Gasteiger charge is -2.27. The second-order valence-electron chi connectivity index (χ2n) is 8.09. The number of hydrogen-bond donors (Lipinski definition) is 1. The van der Waals surface area contributed by atoms with Gasteiger partial charge in [0.15, 0.2) is 11.6 Å². The fourth-order valence-corrected chi connectivity index (χ4v) is 9.41. The fraction of sp³-hybridized carbons (Fsp3) is 0.138. The van der Waals surface area contributed by atoms with Crippen molar-refractivity contribution in [3.63, 3.8) is 0 Å². The molecule has 5 nitrogen and oxygen atoms in total. The summed E-state index contributed by atoms with van der Waals surface area (Å²) in [6.07, 6.45) is 0.553. The van der Waals surface area contributed by atoms with Gasteiger partial charge in [-0.15, -0.1) is 11.3 Å². The minimum Gasteiger partial charge on any atom is -0.554 e. The van der Waals surface area contributed by atoms with Crippen molar-refractivity contribution in [2.45, 2.75) is 13.3 Å². The van der Waals surface area contributed by atoms with Crippen LogP contribution in [-0.4, -0.2) is 35.9 Å². The zero-order valence-corrected chi connectivity index (χ0v) is 21.6. The average molecular weight is 519 g/mol. The molecule has 1 N–H and O–H groups in total. The molecule has 7 heteroatoms. The van der Waals surface area contributed by atoms with Gasteiger partial charge in [-0.25, -0.2) is 0 Å². The zero-order chi connectivity index (χ0) is 26.0. The highest BCUT2D eigenvalue weighted by Gasteiger charge is 2.47. The van der Waals surface area contributed by atoms with E-state index in [1.807, 2.05) is 66.9 Å². The van der Waals surface area contributed by atoms with Crippen LogP contribution in [0.2, 0.25) is 0 Å².